The summed E-state index contributed by atoms with van der Waals surface area (Å²) < 4.78 is 1.28. The Balaban J connectivity index is 1.29. The van der Waals surface area contributed by atoms with Gasteiger partial charge in [-0.1, -0.05) is 12.1 Å². The minimum absolute atomic E-state index is 0.243. The normalized spacial score (nSPS) is 16.8. The fourth-order valence-corrected chi connectivity index (χ4v) is 4.49. The van der Waals surface area contributed by atoms with Crippen LogP contribution in [0.3, 0.4) is 0 Å². The van der Waals surface area contributed by atoms with Gasteiger partial charge in [0.1, 0.15) is 6.04 Å². The zero-order valence-corrected chi connectivity index (χ0v) is 19.6. The summed E-state index contributed by atoms with van der Waals surface area (Å²) in [5.74, 6) is 0.587. The summed E-state index contributed by atoms with van der Waals surface area (Å²) in [5.41, 5.74) is 3.90. The number of aromatic nitrogens is 4. The number of carbonyl (C=O) groups is 1. The van der Waals surface area contributed by atoms with Gasteiger partial charge >= 0.3 is 0 Å². The van der Waals surface area contributed by atoms with E-state index in [4.69, 9.17) is 0 Å². The molecular formula is C25H29N7O2. The minimum atomic E-state index is -0.718. The number of nitrogens with one attached hydrogen (secondary N) is 1. The van der Waals surface area contributed by atoms with Crippen LogP contribution in [0.2, 0.25) is 0 Å². The molecule has 1 amide bonds. The second-order valence-electron chi connectivity index (χ2n) is 9.07. The predicted molar refractivity (Wildman–Crippen MR) is 131 cm³/mol. The van der Waals surface area contributed by atoms with Crippen molar-refractivity contribution < 1.29 is 4.79 Å². The molecule has 1 aromatic carbocycles. The number of fused-ring (bicyclic) bond motifs is 1. The van der Waals surface area contributed by atoms with Crippen LogP contribution in [-0.4, -0.2) is 64.0 Å². The number of nitrogens with zero attached hydrogens (tertiary/aromatic N) is 6. The molecule has 34 heavy (non-hydrogen) atoms. The number of aryl methyl sites for hydroxylation is 2. The Kier molecular flexibility index (Phi) is 6.10. The molecule has 1 atom stereocenters. The molecule has 1 unspecified atom stereocenters. The number of hydrogen-bond acceptors (Lipinski definition) is 7. The highest BCUT2D eigenvalue weighted by molar-refractivity contribution is 5.94. The highest BCUT2D eigenvalue weighted by Gasteiger charge is 2.22. The van der Waals surface area contributed by atoms with Crippen LogP contribution in [0.4, 0.5) is 11.5 Å². The van der Waals surface area contributed by atoms with Crippen molar-refractivity contribution in [1.82, 2.24) is 24.9 Å². The van der Waals surface area contributed by atoms with Crippen molar-refractivity contribution in [1.29, 1.82) is 0 Å². The fraction of sp³-hybridized carbons (Fsp3) is 0.400. The Morgan fingerprint density at radius 1 is 1.03 bits per heavy atom. The number of benzene rings is 1. The van der Waals surface area contributed by atoms with E-state index in [1.807, 2.05) is 36.4 Å². The summed E-state index contributed by atoms with van der Waals surface area (Å²) in [5, 5.41) is 16.2. The molecular weight excluding hydrogens is 430 g/mol. The third-order valence-corrected chi connectivity index (χ3v) is 6.63. The third kappa shape index (κ3) is 4.56. The standard InChI is InChI=1S/C25H29N7O2/c1-17(32-24(33)16-19-6-4-8-22(19)29-32)25(34)26-20-7-3-5-18(15-20)21-9-10-23(28-27-21)31-13-11-30(2)12-14-31/h3,5,7,9-10,15-17H,4,6,8,11-14H2,1-2H3,(H,26,34). The molecule has 3 aromatic rings. The SMILES string of the molecule is CC(C(=O)Nc1cccc(-c2ccc(N3CCN(C)CC3)nn2)c1)n1nc2c(cc1=O)CCC2. The van der Waals surface area contributed by atoms with E-state index in [-0.39, 0.29) is 11.5 Å². The monoisotopic (exact) mass is 459 g/mol. The van der Waals surface area contributed by atoms with Crippen molar-refractivity contribution in [2.24, 2.45) is 0 Å². The largest absolute Gasteiger partial charge is 0.353 e. The van der Waals surface area contributed by atoms with Gasteiger partial charge in [0, 0.05) is 43.5 Å². The van der Waals surface area contributed by atoms with Gasteiger partial charge < -0.3 is 15.1 Å². The van der Waals surface area contributed by atoms with Crippen molar-refractivity contribution in [3.05, 3.63) is 64.1 Å². The van der Waals surface area contributed by atoms with Crippen molar-refractivity contribution in [2.75, 3.05) is 43.4 Å². The lowest BCUT2D eigenvalue weighted by Gasteiger charge is -2.32. The molecule has 176 valence electrons. The number of rotatable bonds is 5. The van der Waals surface area contributed by atoms with E-state index in [1.165, 1.54) is 4.68 Å². The maximum atomic E-state index is 12.9. The van der Waals surface area contributed by atoms with Crippen LogP contribution in [0.15, 0.2) is 47.3 Å². The van der Waals surface area contributed by atoms with Crippen molar-refractivity contribution in [3.8, 4) is 11.3 Å². The Morgan fingerprint density at radius 2 is 1.85 bits per heavy atom. The van der Waals surface area contributed by atoms with E-state index in [0.717, 1.165) is 73.8 Å². The number of anilines is 2. The second-order valence-corrected chi connectivity index (χ2v) is 9.07. The summed E-state index contributed by atoms with van der Waals surface area (Å²) in [4.78, 5) is 29.9. The molecule has 0 radical (unpaired) electrons. The average Bonchev–Trinajstić information content (AvgIpc) is 3.31. The van der Waals surface area contributed by atoms with E-state index in [2.05, 4.69) is 37.5 Å². The Morgan fingerprint density at radius 3 is 2.62 bits per heavy atom. The van der Waals surface area contributed by atoms with Gasteiger partial charge in [-0.25, -0.2) is 4.68 Å². The van der Waals surface area contributed by atoms with Crippen LogP contribution in [0.1, 0.15) is 30.6 Å². The van der Waals surface area contributed by atoms with Crippen LogP contribution >= 0.6 is 0 Å². The molecule has 9 nitrogen and oxygen atoms in total. The zero-order valence-electron chi connectivity index (χ0n) is 19.6. The second kappa shape index (κ2) is 9.34. The molecule has 1 saturated heterocycles. The molecule has 2 aliphatic rings. The number of likely N-dealkylation sites (N-methyl/N-ethyl adjacent to an activating group) is 1. The Labute approximate surface area is 198 Å². The smallest absolute Gasteiger partial charge is 0.267 e. The summed E-state index contributed by atoms with van der Waals surface area (Å²) in [6.07, 6.45) is 2.73. The summed E-state index contributed by atoms with van der Waals surface area (Å²) in [7, 11) is 2.12. The summed E-state index contributed by atoms with van der Waals surface area (Å²) in [6, 6.07) is 12.3. The first-order valence-electron chi connectivity index (χ1n) is 11.8. The van der Waals surface area contributed by atoms with Crippen molar-refractivity contribution in [3.63, 3.8) is 0 Å². The van der Waals surface area contributed by atoms with Gasteiger partial charge in [0.25, 0.3) is 5.56 Å². The molecule has 3 heterocycles. The third-order valence-electron chi connectivity index (χ3n) is 6.63. The van der Waals surface area contributed by atoms with Crippen LogP contribution in [0.5, 0.6) is 0 Å². The lowest BCUT2D eigenvalue weighted by molar-refractivity contribution is -0.119. The molecule has 1 N–H and O–H groups in total. The maximum Gasteiger partial charge on any atom is 0.267 e. The molecule has 2 aromatic heterocycles. The zero-order chi connectivity index (χ0) is 23.7. The number of piperazine rings is 1. The first kappa shape index (κ1) is 22.2. The van der Waals surface area contributed by atoms with Gasteiger partial charge in [-0.3, -0.25) is 9.59 Å². The van der Waals surface area contributed by atoms with Gasteiger partial charge in [-0.2, -0.15) is 5.10 Å². The molecule has 1 aliphatic carbocycles. The molecule has 0 spiro atoms. The number of amides is 1. The van der Waals surface area contributed by atoms with Gasteiger partial charge in [0.05, 0.1) is 11.4 Å². The van der Waals surface area contributed by atoms with Crippen LogP contribution in [-0.2, 0) is 17.6 Å². The van der Waals surface area contributed by atoms with Crippen molar-refractivity contribution >= 4 is 17.4 Å². The number of carbonyl (C=O) groups excluding carboxylic acids is 1. The highest BCUT2D eigenvalue weighted by Crippen LogP contribution is 2.23. The molecule has 1 aliphatic heterocycles. The quantitative estimate of drug-likeness (QED) is 0.624. The first-order chi connectivity index (χ1) is 16.5. The predicted octanol–water partition coefficient (Wildman–Crippen LogP) is 2.14. The lowest BCUT2D eigenvalue weighted by Crippen LogP contribution is -2.44. The lowest BCUT2D eigenvalue weighted by atomic mass is 10.1. The maximum absolute atomic E-state index is 12.9. The Hall–Kier alpha value is -3.59. The van der Waals surface area contributed by atoms with E-state index < -0.39 is 6.04 Å². The van der Waals surface area contributed by atoms with E-state index in [9.17, 15) is 9.59 Å². The minimum Gasteiger partial charge on any atom is -0.353 e. The summed E-state index contributed by atoms with van der Waals surface area (Å²) >= 11 is 0. The molecule has 9 heteroatoms. The average molecular weight is 460 g/mol. The molecule has 5 rings (SSSR count). The van der Waals surface area contributed by atoms with Gasteiger partial charge in [0.15, 0.2) is 5.82 Å². The molecule has 0 bridgehead atoms. The van der Waals surface area contributed by atoms with Crippen LogP contribution in [0.25, 0.3) is 11.3 Å². The van der Waals surface area contributed by atoms with Gasteiger partial charge in [0.2, 0.25) is 5.91 Å². The topological polar surface area (TPSA) is 96.2 Å². The Bertz CT molecular complexity index is 1250. The summed E-state index contributed by atoms with van der Waals surface area (Å²) in [6.45, 7) is 5.59. The van der Waals surface area contributed by atoms with Crippen molar-refractivity contribution in [2.45, 2.75) is 32.2 Å². The molecule has 0 saturated carbocycles. The first-order valence-corrected chi connectivity index (χ1v) is 11.8. The highest BCUT2D eigenvalue weighted by atomic mass is 16.2. The number of hydrogen-bond donors (Lipinski definition) is 1. The van der Waals surface area contributed by atoms with Crippen LogP contribution in [0, 0.1) is 0 Å². The molecule has 1 fully saturated rings. The van der Waals surface area contributed by atoms with Gasteiger partial charge in [-0.15, -0.1) is 10.2 Å². The van der Waals surface area contributed by atoms with Crippen LogP contribution < -0.4 is 15.8 Å². The fourth-order valence-electron chi connectivity index (χ4n) is 4.49. The van der Waals surface area contributed by atoms with Gasteiger partial charge in [-0.05, 0) is 63.1 Å². The van der Waals surface area contributed by atoms with E-state index in [0.29, 0.717) is 5.69 Å². The van der Waals surface area contributed by atoms with E-state index >= 15 is 0 Å². The van der Waals surface area contributed by atoms with E-state index in [1.54, 1.807) is 13.0 Å².